The summed E-state index contributed by atoms with van der Waals surface area (Å²) in [4.78, 5) is 19.6. The molecule has 3 rings (SSSR count). The largest absolute Gasteiger partial charge is 0.463 e. The monoisotopic (exact) mass is 345 g/mol. The fraction of sp³-hybridized carbons (Fsp3) is 0.294. The number of aromatic nitrogens is 2. The number of carbonyl (C=O) groups excluding carboxylic acids is 1. The van der Waals surface area contributed by atoms with Gasteiger partial charge in [-0.05, 0) is 39.0 Å². The molecule has 1 unspecified atom stereocenters. The summed E-state index contributed by atoms with van der Waals surface area (Å²) in [5, 5.41) is 16.1. The highest BCUT2D eigenvalue weighted by Crippen LogP contribution is 2.23. The van der Waals surface area contributed by atoms with Crippen LogP contribution in [-0.2, 0) is 5.60 Å². The van der Waals surface area contributed by atoms with Gasteiger partial charge in [-0.3, -0.25) is 4.79 Å². The van der Waals surface area contributed by atoms with Gasteiger partial charge in [-0.25, -0.2) is 4.98 Å². The number of aromatic amines is 1. The lowest BCUT2D eigenvalue weighted by Crippen LogP contribution is -2.38. The molecule has 0 bridgehead atoms. The standard InChI is InChI=1S/C17H19N3O3S/c1-10-4-5-15(23-10)17(3,22)9-19-16(21)13-6-12(7-18-13)14-8-24-11(2)20-14/h4-8,18,22H,9H2,1-3H3,(H,19,21). The van der Waals surface area contributed by atoms with E-state index in [1.165, 1.54) is 0 Å². The van der Waals surface area contributed by atoms with E-state index in [4.69, 9.17) is 4.42 Å². The van der Waals surface area contributed by atoms with Gasteiger partial charge in [0.25, 0.3) is 5.91 Å². The third-order valence-corrected chi connectivity index (χ3v) is 4.48. The predicted molar refractivity (Wildman–Crippen MR) is 92.0 cm³/mol. The Kier molecular flexibility index (Phi) is 4.29. The first-order valence-corrected chi connectivity index (χ1v) is 8.41. The van der Waals surface area contributed by atoms with Gasteiger partial charge in [0, 0.05) is 17.1 Å². The van der Waals surface area contributed by atoms with Crippen LogP contribution in [0.5, 0.6) is 0 Å². The molecule has 3 aromatic heterocycles. The summed E-state index contributed by atoms with van der Waals surface area (Å²) >= 11 is 1.56. The molecule has 3 aromatic rings. The number of aliphatic hydroxyl groups is 1. The Morgan fingerprint density at radius 1 is 1.46 bits per heavy atom. The van der Waals surface area contributed by atoms with Crippen LogP contribution < -0.4 is 5.32 Å². The summed E-state index contributed by atoms with van der Waals surface area (Å²) in [5.74, 6) is 0.839. The van der Waals surface area contributed by atoms with Crippen molar-refractivity contribution in [2.45, 2.75) is 26.4 Å². The van der Waals surface area contributed by atoms with E-state index < -0.39 is 5.60 Å². The van der Waals surface area contributed by atoms with Crippen LogP contribution in [0.25, 0.3) is 11.3 Å². The number of carbonyl (C=O) groups is 1. The van der Waals surface area contributed by atoms with Gasteiger partial charge in [0.15, 0.2) is 0 Å². The van der Waals surface area contributed by atoms with E-state index in [0.717, 1.165) is 16.3 Å². The summed E-state index contributed by atoms with van der Waals surface area (Å²) in [6.07, 6.45) is 1.75. The molecule has 24 heavy (non-hydrogen) atoms. The summed E-state index contributed by atoms with van der Waals surface area (Å²) in [6.45, 7) is 5.39. The zero-order chi connectivity index (χ0) is 17.3. The van der Waals surface area contributed by atoms with Crippen molar-refractivity contribution in [1.29, 1.82) is 0 Å². The molecule has 0 aliphatic heterocycles. The highest BCUT2D eigenvalue weighted by molar-refractivity contribution is 7.09. The summed E-state index contributed by atoms with van der Waals surface area (Å²) in [6, 6.07) is 5.23. The molecule has 1 amide bonds. The Morgan fingerprint density at radius 3 is 2.88 bits per heavy atom. The van der Waals surface area contributed by atoms with Crippen LogP contribution in [0.1, 0.15) is 33.9 Å². The molecule has 0 aliphatic carbocycles. The first kappa shape index (κ1) is 16.5. The second kappa shape index (κ2) is 6.26. The molecule has 0 aliphatic rings. The molecule has 0 aromatic carbocycles. The molecule has 3 N–H and O–H groups in total. The highest BCUT2D eigenvalue weighted by Gasteiger charge is 2.27. The normalized spacial score (nSPS) is 13.7. The molecule has 126 valence electrons. The van der Waals surface area contributed by atoms with Crippen molar-refractivity contribution in [1.82, 2.24) is 15.3 Å². The van der Waals surface area contributed by atoms with Crippen molar-refractivity contribution in [3.8, 4) is 11.3 Å². The number of thiazole rings is 1. The number of aryl methyl sites for hydroxylation is 2. The van der Waals surface area contributed by atoms with E-state index >= 15 is 0 Å². The number of nitrogens with zero attached hydrogens (tertiary/aromatic N) is 1. The molecule has 0 spiro atoms. The number of furan rings is 1. The fourth-order valence-corrected chi connectivity index (χ4v) is 2.95. The number of rotatable bonds is 5. The predicted octanol–water partition coefficient (Wildman–Crippen LogP) is 2.99. The fourth-order valence-electron chi connectivity index (χ4n) is 2.33. The molecule has 7 heteroatoms. The maximum atomic E-state index is 12.3. The van der Waals surface area contributed by atoms with E-state index in [2.05, 4.69) is 15.3 Å². The van der Waals surface area contributed by atoms with Crippen LogP contribution >= 0.6 is 11.3 Å². The second-order valence-corrected chi connectivity index (χ2v) is 6.98. The van der Waals surface area contributed by atoms with E-state index in [9.17, 15) is 9.90 Å². The van der Waals surface area contributed by atoms with Crippen LogP contribution in [0.15, 0.2) is 34.2 Å². The average Bonchev–Trinajstić information content (AvgIpc) is 3.24. The Morgan fingerprint density at radius 2 is 2.25 bits per heavy atom. The molecule has 0 fully saturated rings. The van der Waals surface area contributed by atoms with Gasteiger partial charge >= 0.3 is 0 Å². The minimum Gasteiger partial charge on any atom is -0.463 e. The lowest BCUT2D eigenvalue weighted by molar-refractivity contribution is 0.0322. The average molecular weight is 345 g/mol. The van der Waals surface area contributed by atoms with E-state index in [1.54, 1.807) is 49.6 Å². The van der Waals surface area contributed by atoms with Crippen molar-refractivity contribution in [2.75, 3.05) is 6.54 Å². The minimum absolute atomic E-state index is 0.0446. The third-order valence-electron chi connectivity index (χ3n) is 3.71. The van der Waals surface area contributed by atoms with Crippen molar-refractivity contribution in [3.63, 3.8) is 0 Å². The number of hydrogen-bond donors (Lipinski definition) is 3. The van der Waals surface area contributed by atoms with Crippen LogP contribution in [0.2, 0.25) is 0 Å². The van der Waals surface area contributed by atoms with Crippen molar-refractivity contribution < 1.29 is 14.3 Å². The van der Waals surface area contributed by atoms with Gasteiger partial charge in [-0.1, -0.05) is 0 Å². The first-order chi connectivity index (χ1) is 11.3. The second-order valence-electron chi connectivity index (χ2n) is 5.92. The smallest absolute Gasteiger partial charge is 0.267 e. The van der Waals surface area contributed by atoms with Gasteiger partial charge < -0.3 is 19.8 Å². The molecule has 6 nitrogen and oxygen atoms in total. The topological polar surface area (TPSA) is 91.1 Å². The van der Waals surface area contributed by atoms with Crippen LogP contribution in [-0.4, -0.2) is 27.5 Å². The molecule has 0 saturated carbocycles. The highest BCUT2D eigenvalue weighted by atomic mass is 32.1. The van der Waals surface area contributed by atoms with Crippen LogP contribution in [0.3, 0.4) is 0 Å². The van der Waals surface area contributed by atoms with E-state index in [0.29, 0.717) is 17.2 Å². The van der Waals surface area contributed by atoms with Gasteiger partial charge in [0.1, 0.15) is 22.8 Å². The molecule has 1 atom stereocenters. The zero-order valence-corrected chi connectivity index (χ0v) is 14.5. The Labute approximate surface area is 143 Å². The number of nitrogens with one attached hydrogen (secondary N) is 2. The van der Waals surface area contributed by atoms with Gasteiger partial charge in [0.05, 0.1) is 17.2 Å². The summed E-state index contributed by atoms with van der Waals surface area (Å²) < 4.78 is 5.43. The quantitative estimate of drug-likeness (QED) is 0.663. The van der Waals surface area contributed by atoms with Crippen molar-refractivity contribution in [3.05, 3.63) is 52.0 Å². The van der Waals surface area contributed by atoms with Gasteiger partial charge in [-0.2, -0.15) is 0 Å². The Bertz CT molecular complexity index is 860. The van der Waals surface area contributed by atoms with Gasteiger partial charge in [-0.15, -0.1) is 11.3 Å². The number of amides is 1. The van der Waals surface area contributed by atoms with Crippen LogP contribution in [0, 0.1) is 13.8 Å². The zero-order valence-electron chi connectivity index (χ0n) is 13.7. The molecule has 0 saturated heterocycles. The lowest BCUT2D eigenvalue weighted by atomic mass is 10.0. The Balaban J connectivity index is 1.66. The van der Waals surface area contributed by atoms with Crippen molar-refractivity contribution in [2.24, 2.45) is 0 Å². The molecule has 0 radical (unpaired) electrons. The number of H-pyrrole nitrogens is 1. The lowest BCUT2D eigenvalue weighted by Gasteiger charge is -2.21. The first-order valence-electron chi connectivity index (χ1n) is 7.53. The number of hydrogen-bond acceptors (Lipinski definition) is 5. The van der Waals surface area contributed by atoms with Crippen LogP contribution in [0.4, 0.5) is 0 Å². The molecular weight excluding hydrogens is 326 g/mol. The van der Waals surface area contributed by atoms with Gasteiger partial charge in [0.2, 0.25) is 0 Å². The SMILES string of the molecule is Cc1ccc(C(C)(O)CNC(=O)c2cc(-c3csc(C)n3)c[nH]2)o1. The summed E-state index contributed by atoms with van der Waals surface area (Å²) in [5.41, 5.74) is 0.844. The molecule has 3 heterocycles. The van der Waals surface area contributed by atoms with E-state index in [-0.39, 0.29) is 12.5 Å². The maximum Gasteiger partial charge on any atom is 0.267 e. The summed E-state index contributed by atoms with van der Waals surface area (Å²) in [7, 11) is 0. The maximum absolute atomic E-state index is 12.3. The molecular formula is C17H19N3O3S. The minimum atomic E-state index is -1.27. The van der Waals surface area contributed by atoms with E-state index in [1.807, 2.05) is 12.3 Å². The third kappa shape index (κ3) is 3.42. The van der Waals surface area contributed by atoms with Crippen molar-refractivity contribution >= 4 is 17.2 Å². The Hall–Kier alpha value is -2.38.